The minimum absolute atomic E-state index is 0.261. The molecule has 1 aromatic heterocycles. The highest BCUT2D eigenvalue weighted by atomic mass is 16.5. The number of imidazole rings is 1. The Morgan fingerprint density at radius 2 is 2.53 bits per heavy atom. The summed E-state index contributed by atoms with van der Waals surface area (Å²) in [7, 11) is 1.39. The average Bonchev–Trinajstić information content (AvgIpc) is 2.94. The second kappa shape index (κ2) is 4.49. The number of carbonyl (C=O) groups is 1. The van der Waals surface area contributed by atoms with Gasteiger partial charge in [0.1, 0.15) is 11.4 Å². The van der Waals surface area contributed by atoms with Crippen molar-refractivity contribution in [3.63, 3.8) is 0 Å². The standard InChI is InChI=1S/C12H19N3O2/c1-3-10-14-6-7-15(10)9-4-5-12(13,8-9)11(16)17-2/h6-7,9H,3-5,8,13H2,1-2H3. The molecular weight excluding hydrogens is 218 g/mol. The van der Waals surface area contributed by atoms with E-state index in [2.05, 4.69) is 16.5 Å². The molecule has 2 unspecified atom stereocenters. The summed E-state index contributed by atoms with van der Waals surface area (Å²) in [4.78, 5) is 15.9. The number of esters is 1. The summed E-state index contributed by atoms with van der Waals surface area (Å²) >= 11 is 0. The fourth-order valence-electron chi connectivity index (χ4n) is 2.63. The highest BCUT2D eigenvalue weighted by Crippen LogP contribution is 2.37. The van der Waals surface area contributed by atoms with Gasteiger partial charge in [-0.05, 0) is 19.3 Å². The molecule has 1 heterocycles. The van der Waals surface area contributed by atoms with Crippen LogP contribution in [0.1, 0.15) is 38.1 Å². The topological polar surface area (TPSA) is 70.1 Å². The lowest BCUT2D eigenvalue weighted by atomic mass is 9.99. The minimum Gasteiger partial charge on any atom is -0.468 e. The molecule has 1 aromatic rings. The molecule has 1 aliphatic carbocycles. The fraction of sp³-hybridized carbons (Fsp3) is 0.667. The number of hydrogen-bond donors (Lipinski definition) is 1. The Hall–Kier alpha value is -1.36. The molecule has 0 aromatic carbocycles. The van der Waals surface area contributed by atoms with E-state index in [4.69, 9.17) is 10.5 Å². The van der Waals surface area contributed by atoms with Crippen LogP contribution in [-0.2, 0) is 16.0 Å². The van der Waals surface area contributed by atoms with Gasteiger partial charge in [-0.2, -0.15) is 0 Å². The van der Waals surface area contributed by atoms with Crippen molar-refractivity contribution >= 4 is 5.97 Å². The molecule has 1 fully saturated rings. The van der Waals surface area contributed by atoms with Gasteiger partial charge in [0, 0.05) is 24.9 Å². The van der Waals surface area contributed by atoms with Gasteiger partial charge >= 0.3 is 5.97 Å². The van der Waals surface area contributed by atoms with Crippen molar-refractivity contribution in [2.24, 2.45) is 5.73 Å². The Labute approximate surface area is 101 Å². The molecule has 2 rings (SSSR count). The molecule has 0 bridgehead atoms. The normalized spacial score (nSPS) is 28.3. The van der Waals surface area contributed by atoms with E-state index in [-0.39, 0.29) is 12.0 Å². The molecule has 17 heavy (non-hydrogen) atoms. The molecule has 1 saturated carbocycles. The summed E-state index contributed by atoms with van der Waals surface area (Å²) in [5, 5.41) is 0. The van der Waals surface area contributed by atoms with Crippen LogP contribution in [0.5, 0.6) is 0 Å². The van der Waals surface area contributed by atoms with Gasteiger partial charge in [0.15, 0.2) is 0 Å². The van der Waals surface area contributed by atoms with Crippen molar-refractivity contribution in [3.8, 4) is 0 Å². The Kier molecular flexibility index (Phi) is 3.19. The molecule has 94 valence electrons. The molecule has 2 atom stereocenters. The average molecular weight is 237 g/mol. The Morgan fingerprint density at radius 1 is 1.76 bits per heavy atom. The van der Waals surface area contributed by atoms with Crippen LogP contribution in [0.3, 0.4) is 0 Å². The van der Waals surface area contributed by atoms with Crippen molar-refractivity contribution in [1.82, 2.24) is 9.55 Å². The maximum Gasteiger partial charge on any atom is 0.325 e. The van der Waals surface area contributed by atoms with Crippen LogP contribution in [0.2, 0.25) is 0 Å². The van der Waals surface area contributed by atoms with Gasteiger partial charge in [0.25, 0.3) is 0 Å². The number of nitrogens with two attached hydrogens (primary N) is 1. The Bertz CT molecular complexity index is 416. The predicted octanol–water partition coefficient (Wildman–Crippen LogP) is 1.04. The van der Waals surface area contributed by atoms with E-state index >= 15 is 0 Å². The molecule has 0 amide bonds. The minimum atomic E-state index is -0.825. The predicted molar refractivity (Wildman–Crippen MR) is 63.4 cm³/mol. The zero-order valence-electron chi connectivity index (χ0n) is 10.3. The monoisotopic (exact) mass is 237 g/mol. The van der Waals surface area contributed by atoms with E-state index in [1.54, 1.807) is 6.20 Å². The SMILES string of the molecule is CCc1nccn1C1CCC(N)(C(=O)OC)C1. The smallest absolute Gasteiger partial charge is 0.325 e. The number of hydrogen-bond acceptors (Lipinski definition) is 4. The Morgan fingerprint density at radius 3 is 3.18 bits per heavy atom. The van der Waals surface area contributed by atoms with Crippen LogP contribution in [0.15, 0.2) is 12.4 Å². The summed E-state index contributed by atoms with van der Waals surface area (Å²) in [5.41, 5.74) is 5.27. The van der Waals surface area contributed by atoms with E-state index in [0.29, 0.717) is 12.8 Å². The summed E-state index contributed by atoms with van der Waals surface area (Å²) in [6.07, 6.45) is 6.85. The van der Waals surface area contributed by atoms with Gasteiger partial charge in [-0.15, -0.1) is 0 Å². The summed E-state index contributed by atoms with van der Waals surface area (Å²) < 4.78 is 6.91. The lowest BCUT2D eigenvalue weighted by molar-refractivity contribution is -0.146. The van der Waals surface area contributed by atoms with Crippen LogP contribution in [0, 0.1) is 0 Å². The third-order valence-electron chi connectivity index (χ3n) is 3.57. The highest BCUT2D eigenvalue weighted by Gasteiger charge is 2.43. The van der Waals surface area contributed by atoms with Crippen LogP contribution >= 0.6 is 0 Å². The Balaban J connectivity index is 2.15. The lowest BCUT2D eigenvalue weighted by Crippen LogP contribution is -2.46. The number of methoxy groups -OCH3 is 1. The first-order chi connectivity index (χ1) is 8.10. The van der Waals surface area contributed by atoms with E-state index in [9.17, 15) is 4.79 Å². The number of ether oxygens (including phenoxy) is 1. The van der Waals surface area contributed by atoms with Gasteiger partial charge in [-0.1, -0.05) is 6.92 Å². The van der Waals surface area contributed by atoms with Crippen molar-refractivity contribution in [1.29, 1.82) is 0 Å². The second-order valence-electron chi connectivity index (χ2n) is 4.65. The first-order valence-electron chi connectivity index (χ1n) is 5.99. The van der Waals surface area contributed by atoms with E-state index in [1.807, 2.05) is 6.20 Å². The van der Waals surface area contributed by atoms with Crippen molar-refractivity contribution in [3.05, 3.63) is 18.2 Å². The third-order valence-corrected chi connectivity index (χ3v) is 3.57. The van der Waals surface area contributed by atoms with Gasteiger partial charge in [0.2, 0.25) is 0 Å². The van der Waals surface area contributed by atoms with Crippen LogP contribution in [0.25, 0.3) is 0 Å². The maximum absolute atomic E-state index is 11.6. The van der Waals surface area contributed by atoms with Crippen LogP contribution < -0.4 is 5.73 Å². The molecule has 0 spiro atoms. The van der Waals surface area contributed by atoms with E-state index in [0.717, 1.165) is 18.7 Å². The maximum atomic E-state index is 11.6. The molecule has 5 heteroatoms. The van der Waals surface area contributed by atoms with Gasteiger partial charge in [-0.3, -0.25) is 4.79 Å². The molecule has 0 radical (unpaired) electrons. The van der Waals surface area contributed by atoms with Gasteiger partial charge < -0.3 is 15.0 Å². The fourth-order valence-corrected chi connectivity index (χ4v) is 2.63. The number of rotatable bonds is 3. The third kappa shape index (κ3) is 2.07. The van der Waals surface area contributed by atoms with Crippen molar-refractivity contribution < 1.29 is 9.53 Å². The summed E-state index contributed by atoms with van der Waals surface area (Å²) in [5.74, 6) is 0.738. The molecule has 0 saturated heterocycles. The first-order valence-corrected chi connectivity index (χ1v) is 5.99. The molecule has 1 aliphatic rings. The largest absolute Gasteiger partial charge is 0.468 e. The van der Waals surface area contributed by atoms with Crippen LogP contribution in [-0.4, -0.2) is 28.2 Å². The molecule has 2 N–H and O–H groups in total. The second-order valence-corrected chi connectivity index (χ2v) is 4.65. The lowest BCUT2D eigenvalue weighted by Gasteiger charge is -2.21. The van der Waals surface area contributed by atoms with E-state index < -0.39 is 5.54 Å². The van der Waals surface area contributed by atoms with Crippen molar-refractivity contribution in [2.45, 2.75) is 44.2 Å². The highest BCUT2D eigenvalue weighted by molar-refractivity contribution is 5.80. The molecule has 0 aliphatic heterocycles. The quantitative estimate of drug-likeness (QED) is 0.797. The molecular formula is C12H19N3O2. The first kappa shape index (κ1) is 12.1. The number of nitrogens with zero attached hydrogens (tertiary/aromatic N) is 2. The number of aromatic nitrogens is 2. The van der Waals surface area contributed by atoms with Gasteiger partial charge in [-0.25, -0.2) is 4.98 Å². The van der Waals surface area contributed by atoms with E-state index in [1.165, 1.54) is 7.11 Å². The van der Waals surface area contributed by atoms with Gasteiger partial charge in [0.05, 0.1) is 7.11 Å². The van der Waals surface area contributed by atoms with Crippen molar-refractivity contribution in [2.75, 3.05) is 7.11 Å². The zero-order chi connectivity index (χ0) is 12.5. The number of carbonyl (C=O) groups excluding carboxylic acids is 1. The summed E-state index contributed by atoms with van der Waals surface area (Å²) in [6.45, 7) is 2.07. The zero-order valence-corrected chi connectivity index (χ0v) is 10.3. The van der Waals surface area contributed by atoms with Crippen LogP contribution in [0.4, 0.5) is 0 Å². The summed E-state index contributed by atoms with van der Waals surface area (Å²) in [6, 6.07) is 0.261. The number of aryl methyl sites for hydroxylation is 1. The molecule has 5 nitrogen and oxygen atoms in total.